The lowest BCUT2D eigenvalue weighted by Gasteiger charge is -2.27. The van der Waals surface area contributed by atoms with Crippen molar-refractivity contribution in [1.82, 2.24) is 4.90 Å². The van der Waals surface area contributed by atoms with Crippen LogP contribution in [0.2, 0.25) is 0 Å². The lowest BCUT2D eigenvalue weighted by Crippen LogP contribution is -2.35. The summed E-state index contributed by atoms with van der Waals surface area (Å²) < 4.78 is 5.43. The van der Waals surface area contributed by atoms with Gasteiger partial charge < -0.3 is 15.8 Å². The zero-order valence-electron chi connectivity index (χ0n) is 15.4. The van der Waals surface area contributed by atoms with Crippen LogP contribution in [0, 0.1) is 0 Å². The highest BCUT2D eigenvalue weighted by atomic mass is 16.5. The third kappa shape index (κ3) is 5.31. The van der Waals surface area contributed by atoms with Crippen LogP contribution < -0.4 is 11.1 Å². The van der Waals surface area contributed by atoms with E-state index >= 15 is 0 Å². The van der Waals surface area contributed by atoms with E-state index in [0.717, 1.165) is 45.0 Å². The quantitative estimate of drug-likeness (QED) is 0.620. The first-order valence-electron chi connectivity index (χ1n) is 9.27. The molecule has 0 spiro atoms. The van der Waals surface area contributed by atoms with E-state index in [0.29, 0.717) is 12.5 Å². The van der Waals surface area contributed by atoms with Crippen LogP contribution in [0.3, 0.4) is 0 Å². The second kappa shape index (κ2) is 9.36. The van der Waals surface area contributed by atoms with E-state index in [1.807, 2.05) is 12.1 Å². The van der Waals surface area contributed by atoms with Crippen molar-refractivity contribution in [2.45, 2.75) is 26.4 Å². The molecule has 2 aromatic rings. The fourth-order valence-electron chi connectivity index (χ4n) is 3.09. The van der Waals surface area contributed by atoms with Crippen LogP contribution in [0.25, 0.3) is 0 Å². The summed E-state index contributed by atoms with van der Waals surface area (Å²) in [4.78, 5) is 6.96. The van der Waals surface area contributed by atoms with Crippen LogP contribution in [-0.4, -0.2) is 37.2 Å². The van der Waals surface area contributed by atoms with Gasteiger partial charge in [-0.05, 0) is 35.2 Å². The van der Waals surface area contributed by atoms with Gasteiger partial charge >= 0.3 is 0 Å². The highest BCUT2D eigenvalue weighted by Crippen LogP contribution is 2.15. The Morgan fingerprint density at radius 1 is 1.12 bits per heavy atom. The molecule has 5 heteroatoms. The topological polar surface area (TPSA) is 62.9 Å². The number of nitrogens with one attached hydrogen (secondary N) is 1. The van der Waals surface area contributed by atoms with E-state index in [4.69, 9.17) is 10.5 Å². The molecule has 0 bridgehead atoms. The van der Waals surface area contributed by atoms with Crippen LogP contribution in [0.1, 0.15) is 23.6 Å². The number of nitrogens with zero attached hydrogens (tertiary/aromatic N) is 2. The molecule has 26 heavy (non-hydrogen) atoms. The Balaban J connectivity index is 1.63. The Labute approximate surface area is 155 Å². The van der Waals surface area contributed by atoms with Crippen LogP contribution in [0.5, 0.6) is 0 Å². The minimum absolute atomic E-state index is 0.444. The van der Waals surface area contributed by atoms with E-state index in [-0.39, 0.29) is 0 Å². The normalized spacial score (nSPS) is 15.8. The third-order valence-corrected chi connectivity index (χ3v) is 4.64. The van der Waals surface area contributed by atoms with Crippen LogP contribution in [0.15, 0.2) is 53.5 Å². The highest BCUT2D eigenvalue weighted by Gasteiger charge is 2.12. The summed E-state index contributed by atoms with van der Waals surface area (Å²) in [5.41, 5.74) is 10.9. The smallest absolute Gasteiger partial charge is 0.193 e. The summed E-state index contributed by atoms with van der Waals surface area (Å²) in [5.74, 6) is 0.444. The van der Waals surface area contributed by atoms with Gasteiger partial charge in [0.25, 0.3) is 0 Å². The molecule has 1 fully saturated rings. The molecule has 0 aromatic heterocycles. The molecular formula is C21H28N4O. The van der Waals surface area contributed by atoms with Crippen molar-refractivity contribution in [3.63, 3.8) is 0 Å². The number of anilines is 1. The van der Waals surface area contributed by atoms with Gasteiger partial charge in [0, 0.05) is 25.3 Å². The molecule has 3 N–H and O–H groups in total. The first kappa shape index (κ1) is 18.4. The molecule has 2 aromatic carbocycles. The predicted molar refractivity (Wildman–Crippen MR) is 107 cm³/mol. The number of benzene rings is 2. The molecule has 5 nitrogen and oxygen atoms in total. The summed E-state index contributed by atoms with van der Waals surface area (Å²) in [6, 6.07) is 16.7. The molecule has 0 unspecified atom stereocenters. The zero-order valence-corrected chi connectivity index (χ0v) is 15.4. The van der Waals surface area contributed by atoms with Crippen molar-refractivity contribution in [3.8, 4) is 0 Å². The largest absolute Gasteiger partial charge is 0.379 e. The maximum absolute atomic E-state index is 6.09. The summed E-state index contributed by atoms with van der Waals surface area (Å²) in [6.45, 7) is 7.24. The van der Waals surface area contributed by atoms with E-state index < -0.39 is 0 Å². The number of guanidine groups is 1. The zero-order chi connectivity index (χ0) is 18.2. The third-order valence-electron chi connectivity index (χ3n) is 4.64. The van der Waals surface area contributed by atoms with Gasteiger partial charge in [0.2, 0.25) is 0 Å². The van der Waals surface area contributed by atoms with Gasteiger partial charge in [0.05, 0.1) is 19.8 Å². The molecule has 1 aliphatic heterocycles. The molecular weight excluding hydrogens is 324 g/mol. The average Bonchev–Trinajstić information content (AvgIpc) is 2.68. The van der Waals surface area contributed by atoms with Crippen LogP contribution >= 0.6 is 0 Å². The van der Waals surface area contributed by atoms with Gasteiger partial charge in [-0.15, -0.1) is 0 Å². The first-order chi connectivity index (χ1) is 12.7. The monoisotopic (exact) mass is 352 g/mol. The number of aryl methyl sites for hydroxylation is 1. The summed E-state index contributed by atoms with van der Waals surface area (Å²) in [7, 11) is 0. The number of ether oxygens (including phenoxy) is 1. The Morgan fingerprint density at radius 3 is 2.65 bits per heavy atom. The Hall–Kier alpha value is -2.37. The molecule has 138 valence electrons. The molecule has 0 amide bonds. The Morgan fingerprint density at radius 2 is 1.88 bits per heavy atom. The fraction of sp³-hybridized carbons (Fsp3) is 0.381. The summed E-state index contributed by atoms with van der Waals surface area (Å²) in [6.07, 6.45) is 1.00. The minimum Gasteiger partial charge on any atom is -0.379 e. The first-order valence-corrected chi connectivity index (χ1v) is 9.27. The molecule has 1 aliphatic rings. The lowest BCUT2D eigenvalue weighted by atomic mass is 10.1. The van der Waals surface area contributed by atoms with E-state index in [9.17, 15) is 0 Å². The van der Waals surface area contributed by atoms with Crippen LogP contribution in [0.4, 0.5) is 5.69 Å². The number of nitrogens with two attached hydrogens (primary N) is 1. The van der Waals surface area contributed by atoms with Gasteiger partial charge in [0.1, 0.15) is 0 Å². The van der Waals surface area contributed by atoms with Crippen molar-refractivity contribution >= 4 is 11.6 Å². The second-order valence-electron chi connectivity index (χ2n) is 6.54. The van der Waals surface area contributed by atoms with Crippen LogP contribution in [-0.2, 0) is 24.2 Å². The van der Waals surface area contributed by atoms with Gasteiger partial charge in [-0.25, -0.2) is 4.99 Å². The number of morpholine rings is 1. The Kier molecular flexibility index (Phi) is 6.63. The van der Waals surface area contributed by atoms with E-state index in [2.05, 4.69) is 58.5 Å². The maximum atomic E-state index is 6.09. The van der Waals surface area contributed by atoms with Crippen molar-refractivity contribution in [1.29, 1.82) is 0 Å². The highest BCUT2D eigenvalue weighted by molar-refractivity contribution is 5.92. The maximum Gasteiger partial charge on any atom is 0.193 e. The van der Waals surface area contributed by atoms with E-state index in [1.165, 1.54) is 16.7 Å². The second-order valence-corrected chi connectivity index (χ2v) is 6.54. The SMILES string of the molecule is CCc1cccc(NC(N)=NCc2ccccc2CN2CCOCC2)c1. The molecule has 0 radical (unpaired) electrons. The van der Waals surface area contributed by atoms with Gasteiger partial charge in [0.15, 0.2) is 5.96 Å². The minimum atomic E-state index is 0.444. The Bertz CT molecular complexity index is 738. The number of aliphatic imine (C=N–C) groups is 1. The van der Waals surface area contributed by atoms with Crippen molar-refractivity contribution in [3.05, 3.63) is 65.2 Å². The number of rotatable bonds is 6. The molecule has 0 atom stereocenters. The predicted octanol–water partition coefficient (Wildman–Crippen LogP) is 3.01. The van der Waals surface area contributed by atoms with Gasteiger partial charge in [-0.1, -0.05) is 43.3 Å². The number of hydrogen-bond donors (Lipinski definition) is 2. The molecule has 3 rings (SSSR count). The fourth-order valence-corrected chi connectivity index (χ4v) is 3.09. The van der Waals surface area contributed by atoms with E-state index in [1.54, 1.807) is 0 Å². The molecule has 1 saturated heterocycles. The number of hydrogen-bond acceptors (Lipinski definition) is 3. The van der Waals surface area contributed by atoms with Gasteiger partial charge in [-0.3, -0.25) is 4.90 Å². The van der Waals surface area contributed by atoms with Crippen molar-refractivity contribution in [2.75, 3.05) is 31.6 Å². The summed E-state index contributed by atoms with van der Waals surface area (Å²) >= 11 is 0. The van der Waals surface area contributed by atoms with Gasteiger partial charge in [-0.2, -0.15) is 0 Å². The lowest BCUT2D eigenvalue weighted by molar-refractivity contribution is 0.0341. The average molecular weight is 352 g/mol. The van der Waals surface area contributed by atoms with Crippen molar-refractivity contribution in [2.24, 2.45) is 10.7 Å². The van der Waals surface area contributed by atoms with Crippen molar-refractivity contribution < 1.29 is 4.74 Å². The molecule has 0 aliphatic carbocycles. The standard InChI is InChI=1S/C21H28N4O/c1-2-17-6-5-9-20(14-17)24-21(22)23-15-18-7-3-4-8-19(18)16-25-10-12-26-13-11-25/h3-9,14H,2,10-13,15-16H2,1H3,(H3,22,23,24). The molecule has 0 saturated carbocycles. The summed E-state index contributed by atoms with van der Waals surface area (Å²) in [5, 5.41) is 3.19. The molecule has 1 heterocycles.